The van der Waals surface area contributed by atoms with E-state index in [4.69, 9.17) is 0 Å². The third-order valence-corrected chi connectivity index (χ3v) is 8.53. The van der Waals surface area contributed by atoms with E-state index >= 15 is 0 Å². The molecule has 0 saturated heterocycles. The number of ketones is 1. The fourth-order valence-corrected chi connectivity index (χ4v) is 6.90. The van der Waals surface area contributed by atoms with Crippen LogP contribution in [-0.4, -0.2) is 28.2 Å². The Bertz CT molecular complexity index is 563. The monoisotopic (exact) mass is 318 g/mol. The largest absolute Gasteiger partial charge is 0.395 e. The number of rotatable bonds is 1. The van der Waals surface area contributed by atoms with Gasteiger partial charge in [-0.3, -0.25) is 4.79 Å². The van der Waals surface area contributed by atoms with Gasteiger partial charge in [-0.15, -0.1) is 0 Å². The third-order valence-electron chi connectivity index (χ3n) is 8.53. The van der Waals surface area contributed by atoms with Gasteiger partial charge in [0.05, 0.1) is 12.2 Å². The van der Waals surface area contributed by atoms with Crippen LogP contribution in [0, 0.1) is 28.6 Å². The van der Waals surface area contributed by atoms with Gasteiger partial charge < -0.3 is 10.2 Å². The molecule has 3 nitrogen and oxygen atoms in total. The van der Waals surface area contributed by atoms with Gasteiger partial charge in [0.25, 0.3) is 0 Å². The Morgan fingerprint density at radius 1 is 1.09 bits per heavy atom. The minimum Gasteiger partial charge on any atom is -0.395 e. The van der Waals surface area contributed by atoms with Crippen molar-refractivity contribution in [3.63, 3.8) is 0 Å². The maximum Gasteiger partial charge on any atom is 0.155 e. The summed E-state index contributed by atoms with van der Waals surface area (Å²) in [4.78, 5) is 11.9. The van der Waals surface area contributed by atoms with Gasteiger partial charge in [0, 0.05) is 11.8 Å². The van der Waals surface area contributed by atoms with Crippen LogP contribution in [0.2, 0.25) is 0 Å². The zero-order valence-corrected chi connectivity index (χ0v) is 14.5. The molecule has 0 radical (unpaired) electrons. The average molecular weight is 318 g/mol. The lowest BCUT2D eigenvalue weighted by Crippen LogP contribution is -2.55. The first-order chi connectivity index (χ1) is 10.8. The molecule has 3 saturated carbocycles. The van der Waals surface area contributed by atoms with E-state index in [9.17, 15) is 15.0 Å². The van der Waals surface area contributed by atoms with Crippen LogP contribution in [-0.2, 0) is 4.79 Å². The second-order valence-corrected chi connectivity index (χ2v) is 9.13. The number of aliphatic hydroxyl groups excluding tert-OH is 1. The molecule has 2 N–H and O–H groups in total. The molecular weight excluding hydrogens is 288 g/mol. The lowest BCUT2D eigenvalue weighted by Gasteiger charge is -2.59. The predicted octanol–water partition coefficient (Wildman–Crippen LogP) is 3.24. The van der Waals surface area contributed by atoms with E-state index in [0.717, 1.165) is 44.9 Å². The smallest absolute Gasteiger partial charge is 0.155 e. The van der Waals surface area contributed by atoms with Crippen molar-refractivity contribution < 1.29 is 15.0 Å². The zero-order valence-electron chi connectivity index (χ0n) is 14.5. The maximum atomic E-state index is 11.9. The van der Waals surface area contributed by atoms with Crippen molar-refractivity contribution in [1.29, 1.82) is 0 Å². The molecule has 23 heavy (non-hydrogen) atoms. The maximum absolute atomic E-state index is 11.9. The normalized spacial score (nSPS) is 52.4. The van der Waals surface area contributed by atoms with E-state index in [1.54, 1.807) is 0 Å². The van der Waals surface area contributed by atoms with Gasteiger partial charge in [-0.25, -0.2) is 0 Å². The van der Waals surface area contributed by atoms with Crippen LogP contribution in [0.15, 0.2) is 11.6 Å². The van der Waals surface area contributed by atoms with Crippen LogP contribution >= 0.6 is 0 Å². The van der Waals surface area contributed by atoms with E-state index < -0.39 is 5.60 Å². The minimum atomic E-state index is -0.548. The first-order valence-electron chi connectivity index (χ1n) is 9.41. The van der Waals surface area contributed by atoms with Crippen LogP contribution < -0.4 is 0 Å². The quantitative estimate of drug-likeness (QED) is 0.780. The molecule has 0 spiro atoms. The first kappa shape index (κ1) is 15.8. The van der Waals surface area contributed by atoms with E-state index in [1.807, 2.05) is 13.0 Å². The van der Waals surface area contributed by atoms with Crippen LogP contribution in [0.25, 0.3) is 0 Å². The Labute approximate surface area is 139 Å². The fourth-order valence-electron chi connectivity index (χ4n) is 6.90. The third kappa shape index (κ3) is 1.93. The van der Waals surface area contributed by atoms with E-state index in [2.05, 4.69) is 6.92 Å². The van der Waals surface area contributed by atoms with Gasteiger partial charge in [0.1, 0.15) is 0 Å². The van der Waals surface area contributed by atoms with Gasteiger partial charge in [-0.2, -0.15) is 0 Å². The molecule has 3 fully saturated rings. The lowest BCUT2D eigenvalue weighted by molar-refractivity contribution is -0.130. The SMILES string of the molecule is C[C@]1(O)CC[C@H]2[C@@H]3CCC4=CC(=O)CC[C@]4(CO)[C@H]3CC[C@@]21C. The summed E-state index contributed by atoms with van der Waals surface area (Å²) in [5, 5.41) is 21.2. The molecule has 4 rings (SSSR count). The molecule has 0 aliphatic heterocycles. The number of carbonyl (C=O) groups is 1. The van der Waals surface area contributed by atoms with Crippen molar-refractivity contribution in [2.45, 2.75) is 70.8 Å². The van der Waals surface area contributed by atoms with Gasteiger partial charge >= 0.3 is 0 Å². The molecule has 4 aliphatic rings. The Balaban J connectivity index is 1.72. The molecule has 3 heteroatoms. The Kier molecular flexibility index (Phi) is 3.39. The molecular formula is C20H30O3. The first-order valence-corrected chi connectivity index (χ1v) is 9.41. The molecule has 4 aliphatic carbocycles. The summed E-state index contributed by atoms with van der Waals surface area (Å²) in [6, 6.07) is 0. The van der Waals surface area contributed by atoms with Crippen molar-refractivity contribution >= 4 is 5.78 Å². The summed E-state index contributed by atoms with van der Waals surface area (Å²) in [5.74, 6) is 1.90. The molecule has 0 heterocycles. The predicted molar refractivity (Wildman–Crippen MR) is 88.7 cm³/mol. The van der Waals surface area contributed by atoms with Crippen molar-refractivity contribution in [2.75, 3.05) is 6.61 Å². The zero-order chi connectivity index (χ0) is 16.5. The van der Waals surface area contributed by atoms with Crippen LogP contribution in [0.5, 0.6) is 0 Å². The molecule has 0 aromatic heterocycles. The summed E-state index contributed by atoms with van der Waals surface area (Å²) in [6.45, 7) is 4.51. The Morgan fingerprint density at radius 2 is 1.83 bits per heavy atom. The molecule has 0 unspecified atom stereocenters. The van der Waals surface area contributed by atoms with E-state index in [1.165, 1.54) is 5.57 Å². The van der Waals surface area contributed by atoms with Crippen LogP contribution in [0.3, 0.4) is 0 Å². The second kappa shape index (κ2) is 4.92. The number of fused-ring (bicyclic) bond motifs is 5. The van der Waals surface area contributed by atoms with Crippen molar-refractivity contribution in [3.8, 4) is 0 Å². The summed E-state index contributed by atoms with van der Waals surface area (Å²) >= 11 is 0. The molecule has 0 bridgehead atoms. The van der Waals surface area contributed by atoms with Gasteiger partial charge in [-0.1, -0.05) is 12.5 Å². The Morgan fingerprint density at radius 3 is 2.57 bits per heavy atom. The second-order valence-electron chi connectivity index (χ2n) is 9.13. The molecule has 0 aromatic rings. The van der Waals surface area contributed by atoms with Gasteiger partial charge in [0.15, 0.2) is 5.78 Å². The van der Waals surface area contributed by atoms with Crippen LogP contribution in [0.1, 0.15) is 65.2 Å². The highest BCUT2D eigenvalue weighted by Crippen LogP contribution is 2.67. The summed E-state index contributed by atoms with van der Waals surface area (Å²) < 4.78 is 0. The fraction of sp³-hybridized carbons (Fsp3) is 0.850. The summed E-state index contributed by atoms with van der Waals surface area (Å²) in [5.41, 5.74) is 0.558. The van der Waals surface area contributed by atoms with E-state index in [-0.39, 0.29) is 23.2 Å². The van der Waals surface area contributed by atoms with Crippen molar-refractivity contribution in [3.05, 3.63) is 11.6 Å². The standard InChI is InChI=1S/C20H30O3/c1-18-8-6-17-15(16(18)7-9-19(18,2)23)4-3-13-11-14(22)5-10-20(13,17)12-21/h11,15-17,21,23H,3-10,12H2,1-2H3/t15-,16-,17-,18-,19-,20+/m0/s1. The highest BCUT2D eigenvalue weighted by atomic mass is 16.3. The highest BCUT2D eigenvalue weighted by Gasteiger charge is 2.63. The van der Waals surface area contributed by atoms with Crippen LogP contribution in [0.4, 0.5) is 0 Å². The van der Waals surface area contributed by atoms with Crippen molar-refractivity contribution in [2.24, 2.45) is 28.6 Å². The summed E-state index contributed by atoms with van der Waals surface area (Å²) in [7, 11) is 0. The van der Waals surface area contributed by atoms with Gasteiger partial charge in [0.2, 0.25) is 0 Å². The van der Waals surface area contributed by atoms with Crippen molar-refractivity contribution in [1.82, 2.24) is 0 Å². The minimum absolute atomic E-state index is 0.0243. The lowest BCUT2D eigenvalue weighted by atomic mass is 9.46. The topological polar surface area (TPSA) is 57.5 Å². The number of hydrogen-bond donors (Lipinski definition) is 2. The molecule has 128 valence electrons. The molecule has 0 aromatic carbocycles. The number of hydrogen-bond acceptors (Lipinski definition) is 3. The highest BCUT2D eigenvalue weighted by molar-refractivity contribution is 5.91. The molecule has 6 atom stereocenters. The van der Waals surface area contributed by atoms with E-state index in [0.29, 0.717) is 24.2 Å². The van der Waals surface area contributed by atoms with Gasteiger partial charge in [-0.05, 0) is 81.1 Å². The summed E-state index contributed by atoms with van der Waals surface area (Å²) in [6.07, 6.45) is 9.52. The Hall–Kier alpha value is -0.670. The average Bonchev–Trinajstić information content (AvgIpc) is 2.77. The number of aliphatic hydroxyl groups is 2. The number of carbonyl (C=O) groups excluding carboxylic acids is 1. The molecule has 0 amide bonds.